The summed E-state index contributed by atoms with van der Waals surface area (Å²) in [6, 6.07) is 10.6. The minimum absolute atomic E-state index is 0.435. The van der Waals surface area contributed by atoms with Crippen molar-refractivity contribution in [2.75, 3.05) is 13.2 Å². The molecule has 1 aromatic carbocycles. The molecule has 0 aliphatic rings. The van der Waals surface area contributed by atoms with Crippen LogP contribution >= 0.6 is 0 Å². The minimum atomic E-state index is 0.435. The molecule has 0 aliphatic heterocycles. The van der Waals surface area contributed by atoms with Crippen molar-refractivity contribution in [3.8, 4) is 12.1 Å². The molecule has 0 saturated carbocycles. The van der Waals surface area contributed by atoms with Crippen molar-refractivity contribution in [3.05, 3.63) is 35.4 Å². The van der Waals surface area contributed by atoms with Gasteiger partial charge in [0.25, 0.3) is 0 Å². The first-order valence-corrected chi connectivity index (χ1v) is 4.77. The Morgan fingerprint density at radius 3 is 1.60 bits per heavy atom. The second-order valence-corrected chi connectivity index (χ2v) is 2.55. The van der Waals surface area contributed by atoms with Crippen molar-refractivity contribution in [3.63, 3.8) is 0 Å². The summed E-state index contributed by atoms with van der Waals surface area (Å²) in [7, 11) is 0. The lowest BCUT2D eigenvalue weighted by molar-refractivity contribution is 0.162. The van der Waals surface area contributed by atoms with E-state index in [-0.39, 0.29) is 0 Å². The molecular formula is C12H14N2O. The van der Waals surface area contributed by atoms with E-state index in [0.29, 0.717) is 11.1 Å². The molecule has 0 aromatic heterocycles. The SMILES string of the molecule is CCOCC.N#Cc1ccccc1C#N. The molecule has 0 amide bonds. The van der Waals surface area contributed by atoms with Crippen LogP contribution in [0, 0.1) is 22.7 Å². The molecule has 78 valence electrons. The summed E-state index contributed by atoms with van der Waals surface area (Å²) in [4.78, 5) is 0. The van der Waals surface area contributed by atoms with Crippen molar-refractivity contribution >= 4 is 0 Å². The topological polar surface area (TPSA) is 56.8 Å². The van der Waals surface area contributed by atoms with Gasteiger partial charge in [-0.1, -0.05) is 12.1 Å². The first kappa shape index (κ1) is 13.2. The average Bonchev–Trinajstić information content (AvgIpc) is 2.31. The van der Waals surface area contributed by atoms with E-state index in [1.54, 1.807) is 24.3 Å². The lowest BCUT2D eigenvalue weighted by Gasteiger charge is -1.88. The zero-order valence-corrected chi connectivity index (χ0v) is 9.03. The monoisotopic (exact) mass is 202 g/mol. The summed E-state index contributed by atoms with van der Waals surface area (Å²) in [5.41, 5.74) is 0.870. The molecule has 0 bridgehead atoms. The minimum Gasteiger partial charge on any atom is -0.382 e. The van der Waals surface area contributed by atoms with E-state index in [1.807, 2.05) is 26.0 Å². The van der Waals surface area contributed by atoms with Gasteiger partial charge in [-0.2, -0.15) is 10.5 Å². The predicted octanol–water partition coefficient (Wildman–Crippen LogP) is 2.47. The van der Waals surface area contributed by atoms with Crippen LogP contribution in [-0.2, 0) is 4.74 Å². The molecule has 3 heteroatoms. The first-order chi connectivity index (χ1) is 7.29. The molecule has 0 spiro atoms. The summed E-state index contributed by atoms with van der Waals surface area (Å²) in [6.07, 6.45) is 0. The van der Waals surface area contributed by atoms with Crippen LogP contribution in [0.15, 0.2) is 24.3 Å². The molecule has 0 saturated heterocycles. The molecule has 3 nitrogen and oxygen atoms in total. The number of hydrogen-bond donors (Lipinski definition) is 0. The van der Waals surface area contributed by atoms with E-state index in [1.165, 1.54) is 0 Å². The summed E-state index contributed by atoms with van der Waals surface area (Å²) >= 11 is 0. The standard InChI is InChI=1S/C8H4N2.C4H10O/c9-5-7-3-1-2-4-8(7)6-10;1-3-5-4-2/h1-4H;3-4H2,1-2H3. The molecule has 0 atom stereocenters. The third-order valence-corrected chi connectivity index (χ3v) is 1.58. The molecule has 0 aliphatic carbocycles. The fraction of sp³-hybridized carbons (Fsp3) is 0.333. The Hall–Kier alpha value is -1.84. The number of benzene rings is 1. The van der Waals surface area contributed by atoms with Crippen LogP contribution in [0.4, 0.5) is 0 Å². The van der Waals surface area contributed by atoms with Gasteiger partial charge < -0.3 is 4.74 Å². The molecule has 0 N–H and O–H groups in total. The summed E-state index contributed by atoms with van der Waals surface area (Å²) in [5.74, 6) is 0. The summed E-state index contributed by atoms with van der Waals surface area (Å²) in [6.45, 7) is 5.67. The molecule has 0 radical (unpaired) electrons. The fourth-order valence-electron chi connectivity index (χ4n) is 0.882. The Bertz CT molecular complexity index is 326. The average molecular weight is 202 g/mol. The van der Waals surface area contributed by atoms with Crippen molar-refractivity contribution in [1.29, 1.82) is 10.5 Å². The van der Waals surface area contributed by atoms with Gasteiger partial charge in [-0.15, -0.1) is 0 Å². The second-order valence-electron chi connectivity index (χ2n) is 2.55. The highest BCUT2D eigenvalue weighted by Crippen LogP contribution is 2.03. The highest BCUT2D eigenvalue weighted by Gasteiger charge is 1.95. The van der Waals surface area contributed by atoms with E-state index in [0.717, 1.165) is 13.2 Å². The van der Waals surface area contributed by atoms with Crippen LogP contribution in [-0.4, -0.2) is 13.2 Å². The summed E-state index contributed by atoms with van der Waals surface area (Å²) in [5, 5.41) is 16.9. The maximum Gasteiger partial charge on any atom is 0.101 e. The molecule has 15 heavy (non-hydrogen) atoms. The highest BCUT2D eigenvalue weighted by atomic mass is 16.5. The second kappa shape index (κ2) is 8.74. The number of ether oxygens (including phenoxy) is 1. The molecule has 0 heterocycles. The lowest BCUT2D eigenvalue weighted by atomic mass is 10.1. The molecule has 1 rings (SSSR count). The number of nitrogens with zero attached hydrogens (tertiary/aromatic N) is 2. The van der Waals surface area contributed by atoms with Crippen molar-refractivity contribution in [2.24, 2.45) is 0 Å². The van der Waals surface area contributed by atoms with Gasteiger partial charge in [0.15, 0.2) is 0 Å². The van der Waals surface area contributed by atoms with Crippen LogP contribution in [0.1, 0.15) is 25.0 Å². The third-order valence-electron chi connectivity index (χ3n) is 1.58. The fourth-order valence-corrected chi connectivity index (χ4v) is 0.882. The highest BCUT2D eigenvalue weighted by molar-refractivity contribution is 5.44. The first-order valence-electron chi connectivity index (χ1n) is 4.77. The van der Waals surface area contributed by atoms with Crippen molar-refractivity contribution in [1.82, 2.24) is 0 Å². The summed E-state index contributed by atoms with van der Waals surface area (Å²) < 4.78 is 4.83. The van der Waals surface area contributed by atoms with Gasteiger partial charge in [0.05, 0.1) is 11.1 Å². The molecule has 0 unspecified atom stereocenters. The maximum atomic E-state index is 8.45. The van der Waals surface area contributed by atoms with Crippen LogP contribution in [0.3, 0.4) is 0 Å². The van der Waals surface area contributed by atoms with Gasteiger partial charge >= 0.3 is 0 Å². The maximum absolute atomic E-state index is 8.45. The molecule has 0 fully saturated rings. The van der Waals surface area contributed by atoms with Gasteiger partial charge in [-0.05, 0) is 26.0 Å². The zero-order chi connectivity index (χ0) is 11.5. The van der Waals surface area contributed by atoms with Crippen LogP contribution < -0.4 is 0 Å². The normalized spacial score (nSPS) is 8.00. The van der Waals surface area contributed by atoms with E-state index in [2.05, 4.69) is 0 Å². The predicted molar refractivity (Wildman–Crippen MR) is 58.0 cm³/mol. The van der Waals surface area contributed by atoms with Crippen LogP contribution in [0.25, 0.3) is 0 Å². The Morgan fingerprint density at radius 1 is 1.00 bits per heavy atom. The third kappa shape index (κ3) is 5.46. The van der Waals surface area contributed by atoms with Crippen LogP contribution in [0.2, 0.25) is 0 Å². The van der Waals surface area contributed by atoms with Gasteiger partial charge in [0.2, 0.25) is 0 Å². The Morgan fingerprint density at radius 2 is 1.40 bits per heavy atom. The van der Waals surface area contributed by atoms with Gasteiger partial charge in [-0.3, -0.25) is 0 Å². The van der Waals surface area contributed by atoms with Gasteiger partial charge in [0, 0.05) is 13.2 Å². The van der Waals surface area contributed by atoms with E-state index >= 15 is 0 Å². The van der Waals surface area contributed by atoms with Gasteiger partial charge in [0.1, 0.15) is 12.1 Å². The van der Waals surface area contributed by atoms with Crippen molar-refractivity contribution < 1.29 is 4.74 Å². The van der Waals surface area contributed by atoms with Crippen molar-refractivity contribution in [2.45, 2.75) is 13.8 Å². The Kier molecular flexibility index (Phi) is 7.67. The quantitative estimate of drug-likeness (QED) is 0.740. The smallest absolute Gasteiger partial charge is 0.101 e. The number of rotatable bonds is 2. The largest absolute Gasteiger partial charge is 0.382 e. The van der Waals surface area contributed by atoms with E-state index < -0.39 is 0 Å². The number of hydrogen-bond acceptors (Lipinski definition) is 3. The number of nitriles is 2. The van der Waals surface area contributed by atoms with Gasteiger partial charge in [-0.25, -0.2) is 0 Å². The Labute approximate surface area is 90.5 Å². The molecular weight excluding hydrogens is 188 g/mol. The Balaban J connectivity index is 0.000000336. The zero-order valence-electron chi connectivity index (χ0n) is 9.03. The van der Waals surface area contributed by atoms with E-state index in [9.17, 15) is 0 Å². The lowest BCUT2D eigenvalue weighted by Crippen LogP contribution is -1.84. The molecule has 1 aromatic rings. The van der Waals surface area contributed by atoms with E-state index in [4.69, 9.17) is 15.3 Å². The van der Waals surface area contributed by atoms with Crippen LogP contribution in [0.5, 0.6) is 0 Å².